The van der Waals surface area contributed by atoms with Gasteiger partial charge in [0.15, 0.2) is 0 Å². The second-order valence-corrected chi connectivity index (χ2v) is 9.40. The smallest absolute Gasteiger partial charge is 0.365 e. The highest BCUT2D eigenvalue weighted by molar-refractivity contribution is 8.03. The van der Waals surface area contributed by atoms with Crippen molar-refractivity contribution in [3.8, 4) is 5.69 Å². The maximum atomic E-state index is 12.7. The molecule has 2 aliphatic rings. The van der Waals surface area contributed by atoms with Gasteiger partial charge in [-0.2, -0.15) is 0 Å². The summed E-state index contributed by atoms with van der Waals surface area (Å²) in [6.07, 6.45) is 3.56. The molecule has 8 nitrogen and oxygen atoms in total. The number of hydrogen-bond acceptors (Lipinski definition) is 7. The van der Waals surface area contributed by atoms with E-state index in [1.54, 1.807) is 13.1 Å². The van der Waals surface area contributed by atoms with Crippen molar-refractivity contribution in [1.29, 1.82) is 0 Å². The van der Waals surface area contributed by atoms with Gasteiger partial charge < -0.3 is 23.8 Å². The number of aromatic nitrogens is 2. The molecule has 3 unspecified atom stereocenters. The van der Waals surface area contributed by atoms with E-state index in [0.29, 0.717) is 12.2 Å². The van der Waals surface area contributed by atoms with Crippen LogP contribution in [0.25, 0.3) is 5.69 Å². The van der Waals surface area contributed by atoms with Crippen LogP contribution in [0.1, 0.15) is 19.7 Å². The number of imidazole rings is 1. The number of amides is 1. The second kappa shape index (κ2) is 9.61. The molecule has 0 saturated carbocycles. The van der Waals surface area contributed by atoms with Crippen molar-refractivity contribution < 1.29 is 19.2 Å². The summed E-state index contributed by atoms with van der Waals surface area (Å²) >= 11 is 1.51. The molecule has 1 N–H and O–H groups in total. The maximum absolute atomic E-state index is 12.7. The molecular weight excluding hydrogens is 446 g/mol. The number of aliphatic hydroxyl groups excluding tert-OH is 1. The van der Waals surface area contributed by atoms with E-state index in [9.17, 15) is 14.7 Å². The quantitative estimate of drug-likeness (QED) is 0.364. The molecule has 4 atom stereocenters. The van der Waals surface area contributed by atoms with E-state index in [1.165, 1.54) is 16.7 Å². The van der Waals surface area contributed by atoms with Gasteiger partial charge in [0.05, 0.1) is 18.1 Å². The van der Waals surface area contributed by atoms with E-state index >= 15 is 0 Å². The first kappa shape index (κ1) is 22.8. The van der Waals surface area contributed by atoms with E-state index in [-0.39, 0.29) is 32.2 Å². The number of aliphatic hydroxyl groups is 1. The van der Waals surface area contributed by atoms with Gasteiger partial charge in [0.1, 0.15) is 11.5 Å². The van der Waals surface area contributed by atoms with E-state index < -0.39 is 18.0 Å². The summed E-state index contributed by atoms with van der Waals surface area (Å²) in [6.45, 7) is 3.57. The van der Waals surface area contributed by atoms with Crippen LogP contribution in [-0.2, 0) is 20.5 Å². The van der Waals surface area contributed by atoms with Crippen LogP contribution in [0.3, 0.4) is 0 Å². The molecule has 1 amide bonds. The number of benzene rings is 1. The van der Waals surface area contributed by atoms with Crippen LogP contribution in [0, 0.1) is 11.8 Å². The topological polar surface area (TPSA) is 97.0 Å². The van der Waals surface area contributed by atoms with Crippen molar-refractivity contribution >= 4 is 40.2 Å². The van der Waals surface area contributed by atoms with E-state index in [0.717, 1.165) is 16.4 Å². The second-order valence-electron chi connectivity index (χ2n) is 7.69. The highest BCUT2D eigenvalue weighted by atomic mass is 32.2. The molecule has 3 heterocycles. The zero-order valence-corrected chi connectivity index (χ0v) is 19.4. The van der Waals surface area contributed by atoms with Crippen LogP contribution in [0.4, 0.5) is 0 Å². The zero-order valence-electron chi connectivity index (χ0n) is 17.7. The van der Waals surface area contributed by atoms with Crippen molar-refractivity contribution in [3.05, 3.63) is 59.2 Å². The third-order valence-electron chi connectivity index (χ3n) is 5.81. The Morgan fingerprint density at radius 3 is 2.84 bits per heavy atom. The first-order valence-electron chi connectivity index (χ1n) is 10.2. The zero-order chi connectivity index (χ0) is 22.8. The van der Waals surface area contributed by atoms with Crippen LogP contribution < -0.4 is 0 Å². The minimum absolute atomic E-state index is 0.0305. The number of rotatable bonds is 8. The van der Waals surface area contributed by atoms with Crippen molar-refractivity contribution in [2.24, 2.45) is 16.5 Å². The van der Waals surface area contributed by atoms with Crippen LogP contribution in [0.15, 0.2) is 58.0 Å². The number of fused-ring (bicyclic) bond motifs is 1. The van der Waals surface area contributed by atoms with E-state index in [2.05, 4.69) is 9.64 Å². The lowest BCUT2D eigenvalue weighted by Gasteiger charge is -2.46. The summed E-state index contributed by atoms with van der Waals surface area (Å²) < 4.78 is 10.4. The molecule has 1 saturated heterocycles. The average Bonchev–Trinajstić information content (AvgIpc) is 3.34. The van der Waals surface area contributed by atoms with Gasteiger partial charge in [-0.25, -0.2) is 9.78 Å². The van der Waals surface area contributed by atoms with Gasteiger partial charge in [0, 0.05) is 41.1 Å². The first-order valence-corrected chi connectivity index (χ1v) is 12.0. The highest BCUT2D eigenvalue weighted by Gasteiger charge is 2.60. The van der Waals surface area contributed by atoms with Gasteiger partial charge in [-0.3, -0.25) is 4.79 Å². The summed E-state index contributed by atoms with van der Waals surface area (Å²) in [4.78, 5) is 32.1. The lowest BCUT2D eigenvalue weighted by atomic mass is 9.79. The van der Waals surface area contributed by atoms with Crippen molar-refractivity contribution in [2.45, 2.75) is 32.4 Å². The lowest BCUT2D eigenvalue weighted by Crippen LogP contribution is -2.63. The molecule has 4 rings (SSSR count). The molecule has 0 aliphatic carbocycles. The van der Waals surface area contributed by atoms with Gasteiger partial charge in [-0.1, -0.05) is 25.1 Å². The Hall–Kier alpha value is -2.42. The van der Waals surface area contributed by atoms with Crippen molar-refractivity contribution in [1.82, 2.24) is 14.5 Å². The number of para-hydroxylation sites is 1. The molecule has 2 radical (unpaired) electrons. The number of carbonyl (C=O) groups excluding carboxylic acids is 2. The van der Waals surface area contributed by atoms with Gasteiger partial charge in [0.25, 0.3) is 7.98 Å². The fourth-order valence-electron chi connectivity index (χ4n) is 4.40. The van der Waals surface area contributed by atoms with E-state index in [4.69, 9.17) is 12.5 Å². The molecule has 164 valence electrons. The molecule has 0 spiro atoms. The molecule has 0 bridgehead atoms. The number of thioether (sulfide) groups is 1. The van der Waals surface area contributed by atoms with Gasteiger partial charge in [0.2, 0.25) is 14.5 Å². The largest absolute Gasteiger partial charge is 0.393 e. The fraction of sp³-hybridized carbons (Fsp3) is 0.381. The number of nitrogens with zero attached hydrogens (tertiary/aromatic N) is 4. The maximum Gasteiger partial charge on any atom is 0.365 e. The third kappa shape index (κ3) is 4.03. The number of aryl methyl sites for hydroxylation is 1. The summed E-state index contributed by atoms with van der Waals surface area (Å²) in [7, 11) is 5.06. The Bertz CT molecular complexity index is 1070. The molecule has 1 aromatic heterocycles. The Morgan fingerprint density at radius 1 is 1.41 bits per heavy atom. The normalized spacial score (nSPS) is 23.4. The summed E-state index contributed by atoms with van der Waals surface area (Å²) in [5.41, 5.74) is 1.26. The van der Waals surface area contributed by atoms with Crippen molar-refractivity contribution in [3.63, 3.8) is 0 Å². The molecule has 2 aromatic rings. The van der Waals surface area contributed by atoms with Crippen LogP contribution in [0.2, 0.25) is 0 Å². The van der Waals surface area contributed by atoms with Crippen molar-refractivity contribution in [2.75, 3.05) is 5.75 Å². The molecular formula is C21H22BN4O4PS. The Balaban J connectivity index is 1.54. The average molecular weight is 468 g/mol. The minimum Gasteiger partial charge on any atom is -0.393 e. The minimum atomic E-state index is -0.789. The number of hydrogen-bond donors (Lipinski definition) is 1. The fourth-order valence-corrected chi connectivity index (χ4v) is 5.84. The highest BCUT2D eigenvalue weighted by Crippen LogP contribution is 2.51. The number of carbonyl (C=O) groups is 2. The molecule has 1 fully saturated rings. The van der Waals surface area contributed by atoms with Gasteiger partial charge in [-0.15, -0.1) is 11.8 Å². The van der Waals surface area contributed by atoms with Gasteiger partial charge >= 0.3 is 5.97 Å². The SMILES string of the molecule is [B]N=POC(=O)C1=C(SCCc2nccn2-c2ccccc2)[C@H](C)C2C(C(C)O)C(=O)N12. The molecule has 1 aromatic carbocycles. The molecule has 2 aliphatic heterocycles. The Kier molecular flexibility index (Phi) is 6.83. The lowest BCUT2D eigenvalue weighted by molar-refractivity contribution is -0.162. The van der Waals surface area contributed by atoms with Crippen LogP contribution in [0.5, 0.6) is 0 Å². The van der Waals surface area contributed by atoms with Gasteiger partial charge in [-0.05, 0) is 19.1 Å². The Morgan fingerprint density at radius 2 is 2.16 bits per heavy atom. The first-order chi connectivity index (χ1) is 15.5. The van der Waals surface area contributed by atoms with Crippen LogP contribution in [-0.4, -0.2) is 57.3 Å². The summed E-state index contributed by atoms with van der Waals surface area (Å²) in [6, 6.07) is 9.69. The Labute approximate surface area is 193 Å². The number of β-lactam (4-membered cyclic amide) rings is 1. The molecule has 11 heteroatoms. The molecule has 32 heavy (non-hydrogen) atoms. The predicted octanol–water partition coefficient (Wildman–Crippen LogP) is 2.89. The monoisotopic (exact) mass is 468 g/mol. The summed E-state index contributed by atoms with van der Waals surface area (Å²) in [5, 5.41) is 10.1. The predicted molar refractivity (Wildman–Crippen MR) is 123 cm³/mol. The summed E-state index contributed by atoms with van der Waals surface area (Å²) in [5.74, 6) is 0.0368. The third-order valence-corrected chi connectivity index (χ3v) is 7.43. The standard InChI is InChI=1S/C21H22BN4O4PS/c1-12-17-16(13(2)27)20(28)26(17)18(21(29)30-31-24-22)19(12)32-11-8-15-23-9-10-25(15)14-6-4-3-5-7-14/h3-7,9-10,12-13,16-17,27H,8,11H2,1-2H3/t12-,13?,16?,17?/m1/s1. The van der Waals surface area contributed by atoms with E-state index in [1.807, 2.05) is 48.0 Å². The van der Waals surface area contributed by atoms with Crippen LogP contribution >= 0.6 is 20.4 Å².